The lowest BCUT2D eigenvalue weighted by Crippen LogP contribution is -2.43. The molecular weight excluding hydrogens is 623 g/mol. The van der Waals surface area contributed by atoms with E-state index in [1.807, 2.05) is 56.3 Å². The maximum absolute atomic E-state index is 13.5. The predicted octanol–water partition coefficient (Wildman–Crippen LogP) is 4.12. The van der Waals surface area contributed by atoms with Gasteiger partial charge in [-0.1, -0.05) is 44.2 Å². The van der Waals surface area contributed by atoms with Crippen LogP contribution in [0.25, 0.3) is 0 Å². The van der Waals surface area contributed by atoms with Crippen LogP contribution in [-0.2, 0) is 22.4 Å². The Labute approximate surface area is 275 Å². The fourth-order valence-corrected chi connectivity index (χ4v) is 6.96. The molecule has 0 saturated carbocycles. The van der Waals surface area contributed by atoms with Crippen LogP contribution in [0.15, 0.2) is 65.6 Å². The number of aryl methyl sites for hydroxylation is 1. The second-order valence-corrected chi connectivity index (χ2v) is 13.2. The van der Waals surface area contributed by atoms with Crippen molar-refractivity contribution in [3.05, 3.63) is 98.1 Å². The van der Waals surface area contributed by atoms with Gasteiger partial charge < -0.3 is 20.9 Å². The Balaban J connectivity index is 1.42. The van der Waals surface area contributed by atoms with Gasteiger partial charge in [0, 0.05) is 42.7 Å². The van der Waals surface area contributed by atoms with Crippen LogP contribution in [0, 0.1) is 5.92 Å². The molecule has 0 spiro atoms. The lowest BCUT2D eigenvalue weighted by Gasteiger charge is -2.24. The molecule has 4 aromatic rings. The van der Waals surface area contributed by atoms with Crippen LogP contribution in [-0.4, -0.2) is 63.1 Å². The number of rotatable bonds is 6. The monoisotopic (exact) mass is 659 g/mol. The molecule has 13 heteroatoms. The molecule has 4 bridgehead atoms. The highest BCUT2D eigenvalue weighted by Crippen LogP contribution is 2.27. The molecule has 0 unspecified atom stereocenters. The van der Waals surface area contributed by atoms with E-state index in [1.165, 1.54) is 27.6 Å². The van der Waals surface area contributed by atoms with Gasteiger partial charge >= 0.3 is 0 Å². The smallest absolute Gasteiger partial charge is 0.271 e. The van der Waals surface area contributed by atoms with Gasteiger partial charge in [-0.05, 0) is 48.4 Å². The average Bonchev–Trinajstić information content (AvgIpc) is 3.75. The molecule has 240 valence electrons. The summed E-state index contributed by atoms with van der Waals surface area (Å²) in [6, 6.07) is 12.5. The Morgan fingerprint density at radius 1 is 0.913 bits per heavy atom. The standard InChI is InChI=1S/C33H37N7O4S2/c1-21(2)29-33-38-25(19-46-33)30(43)35-13-6-16-40(28(42)10-9-22-11-14-34-15-12-22)18-27(41)36-24(17-23-7-4-3-5-8-23)32-37-26(20-45-32)31(44)39-29/h3-5,7-8,11-12,14-15,19-21,24,29H,6,9-10,13,16-18H2,1-2H3,(H,35,43)(H,36,41)(H,39,44)/t24-,29-/m0/s1. The van der Waals surface area contributed by atoms with Crippen molar-refractivity contribution in [3.8, 4) is 0 Å². The maximum atomic E-state index is 13.5. The number of nitrogens with zero attached hydrogens (tertiary/aromatic N) is 4. The normalized spacial score (nSPS) is 18.2. The number of hydrogen-bond donors (Lipinski definition) is 3. The number of carbonyl (C=O) groups is 4. The van der Waals surface area contributed by atoms with Gasteiger partial charge in [-0.3, -0.25) is 24.2 Å². The lowest BCUT2D eigenvalue weighted by molar-refractivity contribution is -0.136. The van der Waals surface area contributed by atoms with Gasteiger partial charge in [-0.2, -0.15) is 0 Å². The summed E-state index contributed by atoms with van der Waals surface area (Å²) < 4.78 is 0. The first-order valence-electron chi connectivity index (χ1n) is 15.3. The number of amides is 4. The van der Waals surface area contributed by atoms with Gasteiger partial charge in [0.1, 0.15) is 21.4 Å². The van der Waals surface area contributed by atoms with Crippen molar-refractivity contribution < 1.29 is 19.2 Å². The first-order valence-corrected chi connectivity index (χ1v) is 17.0. The summed E-state index contributed by atoms with van der Waals surface area (Å²) in [5.41, 5.74) is 2.47. The second-order valence-electron chi connectivity index (χ2n) is 11.4. The summed E-state index contributed by atoms with van der Waals surface area (Å²) in [6.07, 6.45) is 5.01. The van der Waals surface area contributed by atoms with E-state index >= 15 is 0 Å². The largest absolute Gasteiger partial charge is 0.351 e. The zero-order valence-corrected chi connectivity index (χ0v) is 27.4. The molecule has 11 nitrogen and oxygen atoms in total. The van der Waals surface area contributed by atoms with E-state index in [4.69, 9.17) is 0 Å². The fraction of sp³-hybridized carbons (Fsp3) is 0.364. The van der Waals surface area contributed by atoms with Gasteiger partial charge in [-0.25, -0.2) is 9.97 Å². The summed E-state index contributed by atoms with van der Waals surface area (Å²) >= 11 is 2.62. The van der Waals surface area contributed by atoms with Gasteiger partial charge in [0.15, 0.2) is 0 Å². The van der Waals surface area contributed by atoms with Crippen LogP contribution < -0.4 is 16.0 Å². The maximum Gasteiger partial charge on any atom is 0.271 e. The Hall–Kier alpha value is -4.49. The Kier molecular flexibility index (Phi) is 11.2. The molecule has 0 aliphatic carbocycles. The third kappa shape index (κ3) is 8.82. The Morgan fingerprint density at radius 3 is 2.35 bits per heavy atom. The first kappa shape index (κ1) is 32.9. The number of benzene rings is 1. The zero-order chi connectivity index (χ0) is 32.5. The van der Waals surface area contributed by atoms with E-state index in [0.717, 1.165) is 11.1 Å². The van der Waals surface area contributed by atoms with Gasteiger partial charge in [0.05, 0.1) is 18.6 Å². The van der Waals surface area contributed by atoms with Crippen molar-refractivity contribution in [2.45, 2.75) is 51.6 Å². The molecule has 46 heavy (non-hydrogen) atoms. The van der Waals surface area contributed by atoms with Crippen LogP contribution in [0.5, 0.6) is 0 Å². The van der Waals surface area contributed by atoms with Crippen molar-refractivity contribution in [2.75, 3.05) is 19.6 Å². The molecule has 4 amide bonds. The van der Waals surface area contributed by atoms with Gasteiger partial charge in [0.2, 0.25) is 11.8 Å². The zero-order valence-electron chi connectivity index (χ0n) is 25.8. The highest BCUT2D eigenvalue weighted by molar-refractivity contribution is 7.10. The summed E-state index contributed by atoms with van der Waals surface area (Å²) in [6.45, 7) is 4.37. The topological polar surface area (TPSA) is 146 Å². The molecule has 3 aromatic heterocycles. The van der Waals surface area contributed by atoms with Crippen molar-refractivity contribution >= 4 is 46.3 Å². The van der Waals surface area contributed by atoms with E-state index in [1.54, 1.807) is 23.2 Å². The molecule has 1 aliphatic rings. The van der Waals surface area contributed by atoms with Gasteiger partial charge in [0.25, 0.3) is 11.8 Å². The minimum Gasteiger partial charge on any atom is -0.351 e. The molecular formula is C33H37N7O4S2. The van der Waals surface area contributed by atoms with E-state index in [2.05, 4.69) is 30.9 Å². The average molecular weight is 660 g/mol. The number of nitrogens with one attached hydrogen (secondary N) is 3. The number of aromatic nitrogens is 3. The third-order valence-electron chi connectivity index (χ3n) is 7.60. The van der Waals surface area contributed by atoms with Crippen molar-refractivity contribution in [2.24, 2.45) is 5.92 Å². The van der Waals surface area contributed by atoms with Crippen LogP contribution in [0.2, 0.25) is 0 Å². The van der Waals surface area contributed by atoms with Crippen molar-refractivity contribution in [1.29, 1.82) is 0 Å². The highest BCUT2D eigenvalue weighted by atomic mass is 32.1. The number of thiazole rings is 2. The van der Waals surface area contributed by atoms with E-state index in [9.17, 15) is 19.2 Å². The highest BCUT2D eigenvalue weighted by Gasteiger charge is 2.27. The summed E-state index contributed by atoms with van der Waals surface area (Å²) in [7, 11) is 0. The van der Waals surface area contributed by atoms with Gasteiger partial charge in [-0.15, -0.1) is 22.7 Å². The second kappa shape index (κ2) is 15.7. The van der Waals surface area contributed by atoms with Crippen molar-refractivity contribution in [1.82, 2.24) is 35.8 Å². The fourth-order valence-electron chi connectivity index (χ4n) is 5.09. The molecule has 0 fully saturated rings. The third-order valence-corrected chi connectivity index (χ3v) is 9.49. The molecule has 1 aromatic carbocycles. The van der Waals surface area contributed by atoms with E-state index in [0.29, 0.717) is 35.8 Å². The quantitative estimate of drug-likeness (QED) is 0.282. The Bertz CT molecular complexity index is 1640. The molecule has 0 saturated heterocycles. The van der Waals surface area contributed by atoms with E-state index in [-0.39, 0.29) is 60.4 Å². The minimum absolute atomic E-state index is 0.00502. The summed E-state index contributed by atoms with van der Waals surface area (Å²) in [4.78, 5) is 68.0. The number of hydrogen-bond acceptors (Lipinski definition) is 9. The van der Waals surface area contributed by atoms with Crippen LogP contribution in [0.4, 0.5) is 0 Å². The molecule has 5 rings (SSSR count). The van der Waals surface area contributed by atoms with Crippen LogP contribution in [0.1, 0.15) is 80.9 Å². The van der Waals surface area contributed by atoms with Crippen LogP contribution in [0.3, 0.4) is 0 Å². The SMILES string of the molecule is CC(C)[C@@H]1NC(=O)c2csc(n2)[C@H](Cc2ccccc2)NC(=O)CN(C(=O)CCc2ccncc2)CCCNC(=O)c2csc1n2. The minimum atomic E-state index is -0.515. The summed E-state index contributed by atoms with van der Waals surface area (Å²) in [5, 5.41) is 13.6. The molecule has 2 atom stereocenters. The Morgan fingerprint density at radius 2 is 1.61 bits per heavy atom. The number of carbonyl (C=O) groups excluding carboxylic acids is 4. The lowest BCUT2D eigenvalue weighted by atomic mass is 10.0. The molecule has 0 radical (unpaired) electrons. The van der Waals surface area contributed by atoms with Crippen LogP contribution >= 0.6 is 22.7 Å². The molecule has 1 aliphatic heterocycles. The number of pyridine rings is 1. The number of fused-ring (bicyclic) bond motifs is 4. The molecule has 4 heterocycles. The first-order chi connectivity index (χ1) is 22.3. The summed E-state index contributed by atoms with van der Waals surface area (Å²) in [5.74, 6) is -1.20. The predicted molar refractivity (Wildman–Crippen MR) is 176 cm³/mol. The molecule has 3 N–H and O–H groups in total. The van der Waals surface area contributed by atoms with E-state index < -0.39 is 12.1 Å². The van der Waals surface area contributed by atoms with Crippen molar-refractivity contribution in [3.63, 3.8) is 0 Å².